The van der Waals surface area contributed by atoms with Crippen molar-refractivity contribution in [1.29, 1.82) is 0 Å². The maximum absolute atomic E-state index is 15.8. The van der Waals surface area contributed by atoms with Crippen LogP contribution in [0.4, 0.5) is 4.48 Å². The van der Waals surface area contributed by atoms with E-state index in [1.165, 1.54) is 18.2 Å². The number of aliphatic hydroxyl groups is 1. The Morgan fingerprint density at radius 2 is 1.91 bits per heavy atom. The molecule has 1 saturated heterocycles. The Bertz CT molecular complexity index is 1230. The van der Waals surface area contributed by atoms with Crippen LogP contribution in [0.3, 0.4) is 0 Å². The highest BCUT2D eigenvalue weighted by atomic mass is 32.2. The number of para-hydroxylation sites is 1. The summed E-state index contributed by atoms with van der Waals surface area (Å²) in [7, 11) is -4.80. The number of nitrogens with zero attached hydrogens (tertiary/aromatic N) is 2. The van der Waals surface area contributed by atoms with Crippen LogP contribution < -0.4 is 4.74 Å². The number of hydrogen-bond acceptors (Lipinski definition) is 6. The second-order valence-corrected chi connectivity index (χ2v) is 10.3. The van der Waals surface area contributed by atoms with Gasteiger partial charge in [0.2, 0.25) is 0 Å². The summed E-state index contributed by atoms with van der Waals surface area (Å²) in [5.41, 5.74) is -1.53. The fourth-order valence-corrected chi connectivity index (χ4v) is 6.52. The van der Waals surface area contributed by atoms with Gasteiger partial charge in [0, 0.05) is 37.0 Å². The van der Waals surface area contributed by atoms with E-state index < -0.39 is 37.9 Å². The standard InChI is InChI=1S/C23H23FN2O6S/c24-26(23(22(28)29)18-14-32-19-9-3-2-8-17(19)21(18)23)33(30,31)20-10-4-1-6-15(20)7-5-11-25-12-16(27)13-25/h1-10,16,18,21,27H,11-14H2,(H,28,29)/b7-5-. The lowest BCUT2D eigenvalue weighted by Gasteiger charge is -2.34. The van der Waals surface area contributed by atoms with Crippen LogP contribution in [-0.2, 0) is 14.8 Å². The second kappa shape index (κ2) is 7.91. The van der Waals surface area contributed by atoms with Gasteiger partial charge >= 0.3 is 5.97 Å². The maximum atomic E-state index is 15.8. The minimum atomic E-state index is -4.80. The first-order chi connectivity index (χ1) is 15.8. The van der Waals surface area contributed by atoms with E-state index in [-0.39, 0.29) is 23.2 Å². The van der Waals surface area contributed by atoms with Crippen molar-refractivity contribution < 1.29 is 32.6 Å². The summed E-state index contributed by atoms with van der Waals surface area (Å²) in [6, 6.07) is 12.6. The fraction of sp³-hybridized carbons (Fsp3) is 0.348. The third kappa shape index (κ3) is 3.36. The Labute approximate surface area is 190 Å². The average Bonchev–Trinajstić information content (AvgIpc) is 3.48. The van der Waals surface area contributed by atoms with E-state index in [0.717, 1.165) is 0 Å². The second-order valence-electron chi connectivity index (χ2n) is 8.60. The summed E-state index contributed by atoms with van der Waals surface area (Å²) in [5.74, 6) is -2.80. The molecular weight excluding hydrogens is 451 g/mol. The Morgan fingerprint density at radius 3 is 2.64 bits per heavy atom. The molecule has 10 heteroatoms. The van der Waals surface area contributed by atoms with Gasteiger partial charge in [-0.05, 0) is 22.2 Å². The Balaban J connectivity index is 1.47. The molecule has 174 valence electrons. The first kappa shape index (κ1) is 22.0. The van der Waals surface area contributed by atoms with Gasteiger partial charge in [0.1, 0.15) is 5.75 Å². The number of aliphatic carboxylic acids is 1. The molecule has 2 fully saturated rings. The van der Waals surface area contributed by atoms with E-state index in [9.17, 15) is 23.4 Å². The molecule has 2 aromatic rings. The number of sulfonamides is 1. The van der Waals surface area contributed by atoms with Crippen molar-refractivity contribution in [3.05, 3.63) is 65.7 Å². The highest BCUT2D eigenvalue weighted by molar-refractivity contribution is 7.89. The van der Waals surface area contributed by atoms with E-state index in [0.29, 0.717) is 30.9 Å². The molecule has 0 radical (unpaired) electrons. The molecule has 3 aliphatic rings. The van der Waals surface area contributed by atoms with Gasteiger partial charge in [-0.1, -0.05) is 48.6 Å². The van der Waals surface area contributed by atoms with E-state index in [1.807, 2.05) is 4.90 Å². The third-order valence-corrected chi connectivity index (χ3v) is 8.30. The smallest absolute Gasteiger partial charge is 0.329 e. The molecule has 33 heavy (non-hydrogen) atoms. The molecule has 0 spiro atoms. The molecule has 2 heterocycles. The van der Waals surface area contributed by atoms with E-state index in [1.54, 1.807) is 42.5 Å². The minimum Gasteiger partial charge on any atom is -0.493 e. The van der Waals surface area contributed by atoms with Gasteiger partial charge in [-0.3, -0.25) is 9.69 Å². The number of likely N-dealkylation sites (tertiary alicyclic amines) is 1. The Hall–Kier alpha value is -2.79. The summed E-state index contributed by atoms with van der Waals surface area (Å²) < 4.78 is 47.7. The van der Waals surface area contributed by atoms with Crippen molar-refractivity contribution in [2.24, 2.45) is 5.92 Å². The zero-order valence-corrected chi connectivity index (χ0v) is 18.4. The van der Waals surface area contributed by atoms with Crippen molar-refractivity contribution in [3.63, 3.8) is 0 Å². The van der Waals surface area contributed by atoms with Gasteiger partial charge in [0.15, 0.2) is 5.54 Å². The van der Waals surface area contributed by atoms with Crippen molar-refractivity contribution in [2.45, 2.75) is 22.5 Å². The number of ether oxygens (including phenoxy) is 1. The molecule has 0 aromatic heterocycles. The normalized spacial score (nSPS) is 27.0. The lowest BCUT2D eigenvalue weighted by molar-refractivity contribution is -0.149. The molecule has 3 unspecified atom stereocenters. The molecular formula is C23H23FN2O6S. The van der Waals surface area contributed by atoms with E-state index in [2.05, 4.69) is 0 Å². The molecule has 1 aliphatic carbocycles. The minimum absolute atomic E-state index is 0.0901. The summed E-state index contributed by atoms with van der Waals surface area (Å²) >= 11 is 0. The molecule has 2 N–H and O–H groups in total. The topological polar surface area (TPSA) is 107 Å². The number of rotatable bonds is 7. The predicted molar refractivity (Wildman–Crippen MR) is 117 cm³/mol. The van der Waals surface area contributed by atoms with Crippen LogP contribution in [0.15, 0.2) is 59.5 Å². The number of benzene rings is 2. The van der Waals surface area contributed by atoms with Gasteiger partial charge in [0.05, 0.1) is 17.6 Å². The van der Waals surface area contributed by atoms with Gasteiger partial charge in [-0.25, -0.2) is 8.42 Å². The average molecular weight is 475 g/mol. The number of halogens is 1. The van der Waals surface area contributed by atoms with Gasteiger partial charge in [-0.2, -0.15) is 0 Å². The van der Waals surface area contributed by atoms with Crippen LogP contribution in [0.2, 0.25) is 0 Å². The lowest BCUT2D eigenvalue weighted by atomic mass is 10.0. The highest BCUT2D eigenvalue weighted by Crippen LogP contribution is 2.66. The highest BCUT2D eigenvalue weighted by Gasteiger charge is 2.79. The van der Waals surface area contributed by atoms with Crippen molar-refractivity contribution in [1.82, 2.24) is 9.43 Å². The first-order valence-corrected chi connectivity index (χ1v) is 12.0. The molecule has 1 saturated carbocycles. The van der Waals surface area contributed by atoms with Crippen molar-refractivity contribution >= 4 is 22.1 Å². The van der Waals surface area contributed by atoms with Crippen LogP contribution >= 0.6 is 0 Å². The number of β-amino-alcohol motifs (C(OH)–C–C–N with tert-alkyl or cyclic N) is 1. The molecule has 2 aromatic carbocycles. The number of carbonyl (C=O) groups is 1. The van der Waals surface area contributed by atoms with Crippen molar-refractivity contribution in [3.8, 4) is 5.75 Å². The Kier molecular flexibility index (Phi) is 5.28. The summed E-state index contributed by atoms with van der Waals surface area (Å²) in [6.45, 7) is 1.49. The molecule has 0 amide bonds. The van der Waals surface area contributed by atoms with Crippen LogP contribution in [0, 0.1) is 5.92 Å². The first-order valence-electron chi connectivity index (χ1n) is 10.6. The zero-order valence-electron chi connectivity index (χ0n) is 17.5. The van der Waals surface area contributed by atoms with E-state index >= 15 is 4.48 Å². The molecule has 0 bridgehead atoms. The fourth-order valence-electron chi connectivity index (χ4n) is 4.94. The summed E-state index contributed by atoms with van der Waals surface area (Å²) in [4.78, 5) is 14.0. The number of hydrogen-bond donors (Lipinski definition) is 2. The molecule has 8 nitrogen and oxygen atoms in total. The van der Waals surface area contributed by atoms with Crippen LogP contribution in [-0.4, -0.2) is 71.9 Å². The lowest BCUT2D eigenvalue weighted by Crippen LogP contribution is -2.50. The van der Waals surface area contributed by atoms with Crippen molar-refractivity contribution in [2.75, 3.05) is 26.2 Å². The summed E-state index contributed by atoms with van der Waals surface area (Å²) in [5, 5.41) is 19.4. The quantitative estimate of drug-likeness (QED) is 0.590. The number of carboxylic acids is 1. The number of aliphatic hydroxyl groups excluding tert-OH is 1. The summed E-state index contributed by atoms with van der Waals surface area (Å²) in [6.07, 6.45) is 2.95. The van der Waals surface area contributed by atoms with E-state index in [4.69, 9.17) is 4.74 Å². The van der Waals surface area contributed by atoms with Crippen LogP contribution in [0.1, 0.15) is 17.0 Å². The van der Waals surface area contributed by atoms with Gasteiger partial charge in [-0.15, -0.1) is 4.48 Å². The SMILES string of the molecule is O=C(O)C1(N(F)S(=O)(=O)c2ccccc2/C=C\CN2CC(O)C2)C2COc3ccccc3C21. The zero-order chi connectivity index (χ0) is 23.4. The van der Waals surface area contributed by atoms with Gasteiger partial charge in [0.25, 0.3) is 10.0 Å². The van der Waals surface area contributed by atoms with Gasteiger partial charge < -0.3 is 14.9 Å². The molecule has 3 atom stereocenters. The number of carboxylic acid groups (broad SMARTS) is 1. The molecule has 2 aliphatic heterocycles. The molecule has 5 rings (SSSR count). The largest absolute Gasteiger partial charge is 0.493 e. The Morgan fingerprint density at radius 1 is 1.21 bits per heavy atom. The monoisotopic (exact) mass is 474 g/mol. The van der Waals surface area contributed by atoms with Crippen LogP contribution in [0.5, 0.6) is 5.75 Å². The maximum Gasteiger partial charge on any atom is 0.329 e. The number of fused-ring (bicyclic) bond motifs is 3. The third-order valence-electron chi connectivity index (χ3n) is 6.65. The van der Waals surface area contributed by atoms with Crippen LogP contribution in [0.25, 0.3) is 6.08 Å². The predicted octanol–water partition coefficient (Wildman–Crippen LogP) is 1.88.